The van der Waals surface area contributed by atoms with Crippen LogP contribution < -0.4 is 5.32 Å². The second-order valence-electron chi connectivity index (χ2n) is 5.42. The van der Waals surface area contributed by atoms with Crippen LogP contribution in [0.4, 0.5) is 5.69 Å². The number of nitrogens with one attached hydrogen (secondary N) is 1. The van der Waals surface area contributed by atoms with Crippen LogP contribution in [0, 0.1) is 11.8 Å². The number of anilines is 1. The number of hydrogen-bond acceptors (Lipinski definition) is 3. The van der Waals surface area contributed by atoms with Crippen molar-refractivity contribution in [3.63, 3.8) is 0 Å². The third-order valence-electron chi connectivity index (χ3n) is 4.14. The molecule has 112 valence electrons. The average molecular weight is 327 g/mol. The van der Waals surface area contributed by atoms with E-state index >= 15 is 0 Å². The van der Waals surface area contributed by atoms with E-state index in [4.69, 9.17) is 27.9 Å². The van der Waals surface area contributed by atoms with E-state index in [0.29, 0.717) is 15.7 Å². The zero-order valence-corrected chi connectivity index (χ0v) is 13.1. The molecule has 1 amide bonds. The van der Waals surface area contributed by atoms with E-state index in [1.54, 1.807) is 25.2 Å². The number of ether oxygens (including phenoxy) is 1. The van der Waals surface area contributed by atoms with Crippen LogP contribution in [-0.4, -0.2) is 31.4 Å². The van der Waals surface area contributed by atoms with Gasteiger partial charge in [0.15, 0.2) is 0 Å². The molecule has 1 N–H and O–H groups in total. The fraction of sp³-hybridized carbons (Fsp3) is 0.467. The molecule has 3 rings (SSSR count). The SMILES string of the molecule is CN=CC1C2CCC(O2)C1C(=O)Nc1ccc(Cl)c(Cl)c1. The van der Waals surface area contributed by atoms with Crippen molar-refractivity contribution >= 4 is 41.0 Å². The summed E-state index contributed by atoms with van der Waals surface area (Å²) in [7, 11) is 1.72. The fourth-order valence-electron chi connectivity index (χ4n) is 3.22. The predicted octanol–water partition coefficient (Wildman–Crippen LogP) is 3.43. The van der Waals surface area contributed by atoms with E-state index < -0.39 is 0 Å². The molecule has 4 nitrogen and oxygen atoms in total. The Morgan fingerprint density at radius 1 is 1.33 bits per heavy atom. The maximum Gasteiger partial charge on any atom is 0.230 e. The van der Waals surface area contributed by atoms with Gasteiger partial charge in [-0.1, -0.05) is 23.2 Å². The van der Waals surface area contributed by atoms with Gasteiger partial charge < -0.3 is 15.0 Å². The lowest BCUT2D eigenvalue weighted by Crippen LogP contribution is -2.37. The molecule has 2 fully saturated rings. The number of hydrogen-bond donors (Lipinski definition) is 1. The standard InChI is InChI=1S/C15H16Cl2N2O2/c1-18-7-9-12-4-5-13(21-12)14(9)15(20)19-8-2-3-10(16)11(17)6-8/h2-3,6-7,9,12-14H,4-5H2,1H3,(H,19,20). The molecule has 0 aliphatic carbocycles. The van der Waals surface area contributed by atoms with Gasteiger partial charge in [-0.15, -0.1) is 0 Å². The first-order valence-electron chi connectivity index (χ1n) is 6.94. The molecule has 2 aliphatic rings. The number of aliphatic imine (C=N–C) groups is 1. The van der Waals surface area contributed by atoms with Gasteiger partial charge >= 0.3 is 0 Å². The maximum atomic E-state index is 12.6. The smallest absolute Gasteiger partial charge is 0.230 e. The number of nitrogens with zero attached hydrogens (tertiary/aromatic N) is 1. The number of carbonyl (C=O) groups is 1. The van der Waals surface area contributed by atoms with E-state index in [1.165, 1.54) is 0 Å². The fourth-order valence-corrected chi connectivity index (χ4v) is 3.52. The summed E-state index contributed by atoms with van der Waals surface area (Å²) in [5.74, 6) is -0.191. The predicted molar refractivity (Wildman–Crippen MR) is 84.4 cm³/mol. The maximum absolute atomic E-state index is 12.6. The second-order valence-corrected chi connectivity index (χ2v) is 6.23. The summed E-state index contributed by atoms with van der Waals surface area (Å²) >= 11 is 11.8. The van der Waals surface area contributed by atoms with Crippen LogP contribution >= 0.6 is 23.2 Å². The van der Waals surface area contributed by atoms with Gasteiger partial charge in [0.05, 0.1) is 28.2 Å². The Labute approximate surface area is 133 Å². The molecule has 0 aromatic heterocycles. The number of rotatable bonds is 3. The van der Waals surface area contributed by atoms with Gasteiger partial charge in [0, 0.05) is 24.9 Å². The lowest BCUT2D eigenvalue weighted by atomic mass is 9.79. The van der Waals surface area contributed by atoms with E-state index in [2.05, 4.69) is 10.3 Å². The Balaban J connectivity index is 1.76. The molecule has 4 atom stereocenters. The monoisotopic (exact) mass is 326 g/mol. The van der Waals surface area contributed by atoms with Crippen LogP contribution in [0.15, 0.2) is 23.2 Å². The van der Waals surface area contributed by atoms with Crippen LogP contribution in [0.1, 0.15) is 12.8 Å². The van der Waals surface area contributed by atoms with Crippen molar-refractivity contribution in [3.05, 3.63) is 28.2 Å². The molecule has 21 heavy (non-hydrogen) atoms. The van der Waals surface area contributed by atoms with Gasteiger partial charge in [-0.2, -0.15) is 0 Å². The first-order valence-corrected chi connectivity index (χ1v) is 7.69. The molecular weight excluding hydrogens is 311 g/mol. The first-order chi connectivity index (χ1) is 10.1. The summed E-state index contributed by atoms with van der Waals surface area (Å²) in [5, 5.41) is 3.79. The molecule has 1 aromatic carbocycles. The summed E-state index contributed by atoms with van der Waals surface area (Å²) < 4.78 is 5.85. The molecule has 2 bridgehead atoms. The third-order valence-corrected chi connectivity index (χ3v) is 4.88. The summed E-state index contributed by atoms with van der Waals surface area (Å²) in [5.41, 5.74) is 0.643. The Bertz CT molecular complexity index is 591. The number of carbonyl (C=O) groups excluding carboxylic acids is 1. The van der Waals surface area contributed by atoms with E-state index in [-0.39, 0.29) is 30.0 Å². The summed E-state index contributed by atoms with van der Waals surface area (Å²) in [4.78, 5) is 16.6. The van der Waals surface area contributed by atoms with Gasteiger partial charge in [0.25, 0.3) is 0 Å². The molecular formula is C15H16Cl2N2O2. The van der Waals surface area contributed by atoms with Crippen LogP contribution in [-0.2, 0) is 9.53 Å². The van der Waals surface area contributed by atoms with Crippen LogP contribution in [0.3, 0.4) is 0 Å². The van der Waals surface area contributed by atoms with Crippen molar-refractivity contribution in [2.45, 2.75) is 25.0 Å². The van der Waals surface area contributed by atoms with E-state index in [0.717, 1.165) is 12.8 Å². The minimum absolute atomic E-state index is 0.0132. The number of amides is 1. The first kappa shape index (κ1) is 14.8. The molecule has 2 heterocycles. The highest BCUT2D eigenvalue weighted by Crippen LogP contribution is 2.43. The van der Waals surface area contributed by atoms with Crippen molar-refractivity contribution < 1.29 is 9.53 Å². The zero-order chi connectivity index (χ0) is 15.0. The largest absolute Gasteiger partial charge is 0.373 e. The van der Waals surface area contributed by atoms with Crippen molar-refractivity contribution in [2.24, 2.45) is 16.8 Å². The highest BCUT2D eigenvalue weighted by atomic mass is 35.5. The summed E-state index contributed by atoms with van der Waals surface area (Å²) in [6.07, 6.45) is 3.86. The summed E-state index contributed by atoms with van der Waals surface area (Å²) in [6.45, 7) is 0. The van der Waals surface area contributed by atoms with Crippen LogP contribution in [0.2, 0.25) is 10.0 Å². The van der Waals surface area contributed by atoms with Crippen molar-refractivity contribution in [3.8, 4) is 0 Å². The van der Waals surface area contributed by atoms with E-state index in [1.807, 2.05) is 6.21 Å². The quantitative estimate of drug-likeness (QED) is 0.865. The van der Waals surface area contributed by atoms with Gasteiger partial charge in [-0.3, -0.25) is 4.79 Å². The highest BCUT2D eigenvalue weighted by molar-refractivity contribution is 6.42. The van der Waals surface area contributed by atoms with Crippen LogP contribution in [0.5, 0.6) is 0 Å². The Morgan fingerprint density at radius 3 is 2.81 bits per heavy atom. The van der Waals surface area contributed by atoms with Gasteiger partial charge in [-0.25, -0.2) is 0 Å². The van der Waals surface area contributed by atoms with Gasteiger partial charge in [0.1, 0.15) is 0 Å². The molecule has 0 radical (unpaired) electrons. The number of benzene rings is 1. The second kappa shape index (κ2) is 5.95. The van der Waals surface area contributed by atoms with Crippen molar-refractivity contribution in [1.82, 2.24) is 0 Å². The molecule has 6 heteroatoms. The topological polar surface area (TPSA) is 50.7 Å². The van der Waals surface area contributed by atoms with Crippen LogP contribution in [0.25, 0.3) is 0 Å². The molecule has 1 aromatic rings. The van der Waals surface area contributed by atoms with Crippen molar-refractivity contribution in [2.75, 3.05) is 12.4 Å². The van der Waals surface area contributed by atoms with Gasteiger partial charge in [0.2, 0.25) is 5.91 Å². The lowest BCUT2D eigenvalue weighted by Gasteiger charge is -2.24. The Hall–Kier alpha value is -1.10. The summed E-state index contributed by atoms with van der Waals surface area (Å²) in [6, 6.07) is 5.06. The van der Waals surface area contributed by atoms with Gasteiger partial charge in [-0.05, 0) is 31.0 Å². The normalized spacial score (nSPS) is 31.0. The highest BCUT2D eigenvalue weighted by Gasteiger charge is 2.51. The zero-order valence-electron chi connectivity index (χ0n) is 11.6. The third kappa shape index (κ3) is 2.80. The molecule has 0 spiro atoms. The molecule has 4 unspecified atom stereocenters. The Morgan fingerprint density at radius 2 is 2.10 bits per heavy atom. The Kier molecular flexibility index (Phi) is 4.20. The van der Waals surface area contributed by atoms with E-state index in [9.17, 15) is 4.79 Å². The van der Waals surface area contributed by atoms with Crippen molar-refractivity contribution in [1.29, 1.82) is 0 Å². The molecule has 2 aliphatic heterocycles. The average Bonchev–Trinajstić information content (AvgIpc) is 3.04. The number of halogens is 2. The molecule has 2 saturated heterocycles. The molecule has 0 saturated carbocycles. The minimum atomic E-state index is -0.193. The number of fused-ring (bicyclic) bond motifs is 2. The minimum Gasteiger partial charge on any atom is -0.373 e. The lowest BCUT2D eigenvalue weighted by molar-refractivity contribution is -0.121.